The molecule has 2 N–H and O–H groups in total. The minimum atomic E-state index is -0.844. The highest BCUT2D eigenvalue weighted by atomic mass is 16.7. The standard InChI is InChI=1S/C13H15NO4/c1-13(2,3)18-12(16)17-11-7-9-8(4-5-14-9)6-10(11)15/h4-7,14-15H,1-3H3. The molecular weight excluding hydrogens is 234 g/mol. The van der Waals surface area contributed by atoms with Crippen molar-refractivity contribution in [1.82, 2.24) is 4.98 Å². The highest BCUT2D eigenvalue weighted by Gasteiger charge is 2.19. The van der Waals surface area contributed by atoms with Crippen molar-refractivity contribution in [3.63, 3.8) is 0 Å². The molecule has 5 heteroatoms. The van der Waals surface area contributed by atoms with Gasteiger partial charge >= 0.3 is 6.16 Å². The van der Waals surface area contributed by atoms with Crippen LogP contribution in [0, 0.1) is 0 Å². The summed E-state index contributed by atoms with van der Waals surface area (Å²) in [6.45, 7) is 5.22. The third kappa shape index (κ3) is 2.74. The first-order valence-corrected chi connectivity index (χ1v) is 5.56. The summed E-state index contributed by atoms with van der Waals surface area (Å²) < 4.78 is 9.98. The van der Waals surface area contributed by atoms with Crippen molar-refractivity contribution in [1.29, 1.82) is 0 Å². The predicted octanol–water partition coefficient (Wildman–Crippen LogP) is 3.19. The summed E-state index contributed by atoms with van der Waals surface area (Å²) in [4.78, 5) is 14.5. The molecule has 0 atom stereocenters. The highest BCUT2D eigenvalue weighted by Crippen LogP contribution is 2.31. The van der Waals surface area contributed by atoms with E-state index in [1.807, 2.05) is 6.07 Å². The summed E-state index contributed by atoms with van der Waals surface area (Å²) in [7, 11) is 0. The molecule has 0 spiro atoms. The van der Waals surface area contributed by atoms with Gasteiger partial charge in [0.05, 0.1) is 0 Å². The van der Waals surface area contributed by atoms with Gasteiger partial charge in [0.15, 0.2) is 11.5 Å². The monoisotopic (exact) mass is 249 g/mol. The van der Waals surface area contributed by atoms with Crippen molar-refractivity contribution >= 4 is 17.1 Å². The largest absolute Gasteiger partial charge is 0.514 e. The molecule has 18 heavy (non-hydrogen) atoms. The fourth-order valence-electron chi connectivity index (χ4n) is 1.51. The second kappa shape index (κ2) is 4.25. The SMILES string of the molecule is CC(C)(C)OC(=O)Oc1cc2[nH]ccc2cc1O. The maximum atomic E-state index is 11.5. The van der Waals surface area contributed by atoms with E-state index >= 15 is 0 Å². The number of benzene rings is 1. The fourth-order valence-corrected chi connectivity index (χ4v) is 1.51. The van der Waals surface area contributed by atoms with Gasteiger partial charge in [0.1, 0.15) is 5.60 Å². The number of H-pyrrole nitrogens is 1. The van der Waals surface area contributed by atoms with Crippen LogP contribution in [0.5, 0.6) is 11.5 Å². The van der Waals surface area contributed by atoms with Crippen LogP contribution in [-0.4, -0.2) is 21.8 Å². The third-order valence-electron chi connectivity index (χ3n) is 2.22. The lowest BCUT2D eigenvalue weighted by Gasteiger charge is -2.18. The molecule has 0 aliphatic carbocycles. The minimum absolute atomic E-state index is 0.0687. The third-order valence-corrected chi connectivity index (χ3v) is 2.22. The molecule has 2 aromatic rings. The van der Waals surface area contributed by atoms with Crippen LogP contribution in [0.25, 0.3) is 10.9 Å². The van der Waals surface area contributed by atoms with E-state index in [1.165, 1.54) is 6.07 Å². The zero-order valence-electron chi connectivity index (χ0n) is 10.5. The van der Waals surface area contributed by atoms with Crippen LogP contribution >= 0.6 is 0 Å². The molecule has 0 saturated carbocycles. The van der Waals surface area contributed by atoms with Crippen LogP contribution in [-0.2, 0) is 4.74 Å². The number of hydrogen-bond acceptors (Lipinski definition) is 4. The first-order chi connectivity index (χ1) is 8.35. The molecule has 96 valence electrons. The molecule has 0 saturated heterocycles. The molecule has 0 aliphatic rings. The quantitative estimate of drug-likeness (QED) is 0.601. The number of aromatic amines is 1. The number of hydrogen-bond donors (Lipinski definition) is 2. The number of aromatic nitrogens is 1. The highest BCUT2D eigenvalue weighted by molar-refractivity contribution is 5.84. The molecule has 1 heterocycles. The van der Waals surface area contributed by atoms with Gasteiger partial charge < -0.3 is 19.6 Å². The minimum Gasteiger partial charge on any atom is -0.504 e. The molecule has 0 fully saturated rings. The van der Waals surface area contributed by atoms with Gasteiger partial charge in [-0.1, -0.05) is 0 Å². The molecular formula is C13H15NO4. The summed E-state index contributed by atoms with van der Waals surface area (Å²) in [5, 5.41) is 10.6. The van der Waals surface area contributed by atoms with Crippen LogP contribution in [0.15, 0.2) is 24.4 Å². The van der Waals surface area contributed by atoms with E-state index < -0.39 is 11.8 Å². The Morgan fingerprint density at radius 1 is 1.33 bits per heavy atom. The Morgan fingerprint density at radius 2 is 2.06 bits per heavy atom. The predicted molar refractivity (Wildman–Crippen MR) is 66.8 cm³/mol. The topological polar surface area (TPSA) is 71.5 Å². The number of nitrogens with one attached hydrogen (secondary N) is 1. The molecule has 0 amide bonds. The van der Waals surface area contributed by atoms with Crippen molar-refractivity contribution < 1.29 is 19.4 Å². The Balaban J connectivity index is 2.20. The van der Waals surface area contributed by atoms with E-state index in [1.54, 1.807) is 33.0 Å². The maximum absolute atomic E-state index is 11.5. The van der Waals surface area contributed by atoms with Crippen LogP contribution in [0.4, 0.5) is 4.79 Å². The number of rotatable bonds is 1. The molecule has 0 bridgehead atoms. The van der Waals surface area contributed by atoms with Gasteiger partial charge in [0.2, 0.25) is 0 Å². The normalized spacial score (nSPS) is 11.5. The molecule has 0 aliphatic heterocycles. The Labute approximate surface area is 104 Å². The lowest BCUT2D eigenvalue weighted by atomic mass is 10.2. The van der Waals surface area contributed by atoms with Gasteiger partial charge in [-0.05, 0) is 32.9 Å². The van der Waals surface area contributed by atoms with Crippen LogP contribution < -0.4 is 4.74 Å². The zero-order chi connectivity index (χ0) is 13.3. The zero-order valence-corrected chi connectivity index (χ0v) is 10.5. The number of fused-ring (bicyclic) bond motifs is 1. The molecule has 2 rings (SSSR count). The first-order valence-electron chi connectivity index (χ1n) is 5.56. The second-order valence-electron chi connectivity index (χ2n) is 4.95. The fraction of sp³-hybridized carbons (Fsp3) is 0.308. The molecule has 1 aromatic heterocycles. The number of ether oxygens (including phenoxy) is 2. The van der Waals surface area contributed by atoms with Crippen molar-refractivity contribution in [3.8, 4) is 11.5 Å². The van der Waals surface area contributed by atoms with Gasteiger partial charge in [0.25, 0.3) is 0 Å². The molecule has 5 nitrogen and oxygen atoms in total. The van der Waals surface area contributed by atoms with Crippen LogP contribution in [0.2, 0.25) is 0 Å². The average molecular weight is 249 g/mol. The Kier molecular flexibility index (Phi) is 2.90. The second-order valence-corrected chi connectivity index (χ2v) is 4.95. The summed E-state index contributed by atoms with van der Waals surface area (Å²) >= 11 is 0. The number of aromatic hydroxyl groups is 1. The molecule has 0 unspecified atom stereocenters. The van der Waals surface area contributed by atoms with Crippen molar-refractivity contribution in [2.24, 2.45) is 0 Å². The Morgan fingerprint density at radius 3 is 2.72 bits per heavy atom. The van der Waals surface area contributed by atoms with E-state index in [-0.39, 0.29) is 11.5 Å². The Bertz CT molecular complexity index is 580. The number of phenols is 1. The van der Waals surface area contributed by atoms with Crippen molar-refractivity contribution in [2.75, 3.05) is 0 Å². The van der Waals surface area contributed by atoms with Gasteiger partial charge in [-0.25, -0.2) is 4.79 Å². The van der Waals surface area contributed by atoms with Crippen LogP contribution in [0.3, 0.4) is 0 Å². The van der Waals surface area contributed by atoms with E-state index in [0.717, 1.165) is 10.9 Å². The lowest BCUT2D eigenvalue weighted by molar-refractivity contribution is 0.0201. The summed E-state index contributed by atoms with van der Waals surface area (Å²) in [5.41, 5.74) is 0.134. The summed E-state index contributed by atoms with van der Waals surface area (Å²) in [6, 6.07) is 4.88. The van der Waals surface area contributed by atoms with Crippen molar-refractivity contribution in [3.05, 3.63) is 24.4 Å². The first kappa shape index (κ1) is 12.3. The van der Waals surface area contributed by atoms with E-state index in [2.05, 4.69) is 4.98 Å². The average Bonchev–Trinajstić information content (AvgIpc) is 2.62. The Hall–Kier alpha value is -2.17. The molecule has 0 radical (unpaired) electrons. The number of phenolic OH excluding ortho intramolecular Hbond substituents is 1. The number of carbonyl (C=O) groups is 1. The summed E-state index contributed by atoms with van der Waals surface area (Å²) in [5.74, 6) is -0.0350. The van der Waals surface area contributed by atoms with Crippen molar-refractivity contribution in [2.45, 2.75) is 26.4 Å². The van der Waals surface area contributed by atoms with Gasteiger partial charge in [-0.2, -0.15) is 0 Å². The van der Waals surface area contributed by atoms with E-state index in [0.29, 0.717) is 0 Å². The summed E-state index contributed by atoms with van der Waals surface area (Å²) in [6.07, 6.45) is 0.894. The van der Waals surface area contributed by atoms with Gasteiger partial charge in [-0.3, -0.25) is 0 Å². The van der Waals surface area contributed by atoms with E-state index in [9.17, 15) is 9.90 Å². The maximum Gasteiger partial charge on any atom is 0.514 e. The number of carbonyl (C=O) groups excluding carboxylic acids is 1. The lowest BCUT2D eigenvalue weighted by Crippen LogP contribution is -2.26. The van der Waals surface area contributed by atoms with Gasteiger partial charge in [0, 0.05) is 23.2 Å². The van der Waals surface area contributed by atoms with Gasteiger partial charge in [-0.15, -0.1) is 0 Å². The molecule has 1 aromatic carbocycles. The van der Waals surface area contributed by atoms with Crippen LogP contribution in [0.1, 0.15) is 20.8 Å². The van der Waals surface area contributed by atoms with E-state index in [4.69, 9.17) is 9.47 Å². The smallest absolute Gasteiger partial charge is 0.504 e.